The molecule has 0 aliphatic rings. The zero-order valence-corrected chi connectivity index (χ0v) is 12.5. The van der Waals surface area contributed by atoms with Crippen LogP contribution in [0.25, 0.3) is 0 Å². The van der Waals surface area contributed by atoms with E-state index in [1.807, 2.05) is 13.0 Å². The molecule has 0 unspecified atom stereocenters. The van der Waals surface area contributed by atoms with Gasteiger partial charge in [-0.3, -0.25) is 0 Å². The van der Waals surface area contributed by atoms with Crippen LogP contribution in [0.1, 0.15) is 24.1 Å². The van der Waals surface area contributed by atoms with Gasteiger partial charge in [-0.2, -0.15) is 5.26 Å². The van der Waals surface area contributed by atoms with Crippen molar-refractivity contribution in [3.05, 3.63) is 52.5 Å². The third-order valence-electron chi connectivity index (χ3n) is 2.95. The Kier molecular flexibility index (Phi) is 4.69. The molecule has 2 aromatic rings. The van der Waals surface area contributed by atoms with Gasteiger partial charge in [0.15, 0.2) is 0 Å². The van der Waals surface area contributed by atoms with Crippen LogP contribution >= 0.6 is 11.6 Å². The van der Waals surface area contributed by atoms with E-state index in [4.69, 9.17) is 32.1 Å². The number of benzene rings is 2. The largest absolute Gasteiger partial charge is 0.497 e. The maximum absolute atomic E-state index is 9.00. The lowest BCUT2D eigenvalue weighted by atomic mass is 10.1. The number of hydrogen-bond acceptors (Lipinski definition) is 4. The lowest BCUT2D eigenvalue weighted by Crippen LogP contribution is -2.04. The Hall–Kier alpha value is -2.22. The van der Waals surface area contributed by atoms with Crippen LogP contribution in [0.15, 0.2) is 36.4 Å². The number of methoxy groups -OCH3 is 1. The highest BCUT2D eigenvalue weighted by Gasteiger charge is 2.09. The quantitative estimate of drug-likeness (QED) is 0.925. The lowest BCUT2D eigenvalue weighted by molar-refractivity contribution is 0.409. The van der Waals surface area contributed by atoms with E-state index in [1.54, 1.807) is 30.3 Å². The zero-order valence-electron chi connectivity index (χ0n) is 11.8. The van der Waals surface area contributed by atoms with E-state index in [2.05, 4.69) is 6.07 Å². The Balaban J connectivity index is 2.32. The molecular formula is C16H15ClN2O2. The van der Waals surface area contributed by atoms with Crippen LogP contribution in [0.3, 0.4) is 0 Å². The first-order valence-electron chi connectivity index (χ1n) is 6.35. The first-order valence-corrected chi connectivity index (χ1v) is 6.73. The van der Waals surface area contributed by atoms with Gasteiger partial charge < -0.3 is 15.2 Å². The van der Waals surface area contributed by atoms with Gasteiger partial charge in [0.1, 0.15) is 17.2 Å². The minimum absolute atomic E-state index is 0.0986. The fourth-order valence-electron chi connectivity index (χ4n) is 1.82. The fraction of sp³-hybridized carbons (Fsp3) is 0.188. The van der Waals surface area contributed by atoms with Gasteiger partial charge in [0.25, 0.3) is 0 Å². The Morgan fingerprint density at radius 2 is 1.90 bits per heavy atom. The maximum atomic E-state index is 9.00. The highest BCUT2D eigenvalue weighted by molar-refractivity contribution is 6.32. The van der Waals surface area contributed by atoms with Crippen LogP contribution in [0.5, 0.6) is 17.2 Å². The molecule has 0 heterocycles. The third kappa shape index (κ3) is 3.66. The third-order valence-corrected chi connectivity index (χ3v) is 3.25. The minimum Gasteiger partial charge on any atom is -0.497 e. The summed E-state index contributed by atoms with van der Waals surface area (Å²) in [6, 6.07) is 12.3. The van der Waals surface area contributed by atoms with Crippen LogP contribution in [0, 0.1) is 11.3 Å². The molecule has 21 heavy (non-hydrogen) atoms. The van der Waals surface area contributed by atoms with Crippen molar-refractivity contribution in [3.63, 3.8) is 0 Å². The van der Waals surface area contributed by atoms with Crippen LogP contribution in [0.2, 0.25) is 5.02 Å². The smallest absolute Gasteiger partial charge is 0.146 e. The molecule has 2 N–H and O–H groups in total. The summed E-state index contributed by atoms with van der Waals surface area (Å²) in [5.41, 5.74) is 7.19. The van der Waals surface area contributed by atoms with Gasteiger partial charge in [-0.05, 0) is 36.8 Å². The average molecular weight is 303 g/mol. The van der Waals surface area contributed by atoms with Crippen molar-refractivity contribution in [3.8, 4) is 23.3 Å². The molecule has 0 radical (unpaired) electrons. The number of halogens is 1. The van der Waals surface area contributed by atoms with E-state index < -0.39 is 0 Å². The molecule has 0 amide bonds. The Morgan fingerprint density at radius 1 is 1.19 bits per heavy atom. The molecule has 0 saturated carbocycles. The molecule has 2 rings (SSSR count). The van der Waals surface area contributed by atoms with Gasteiger partial charge in [0, 0.05) is 12.1 Å². The number of rotatable bonds is 4. The molecule has 0 spiro atoms. The molecule has 0 saturated heterocycles. The number of nitrogens with zero attached hydrogens (tertiary/aromatic N) is 1. The minimum atomic E-state index is -0.0986. The average Bonchev–Trinajstić information content (AvgIpc) is 2.48. The van der Waals surface area contributed by atoms with Gasteiger partial charge in [-0.15, -0.1) is 0 Å². The summed E-state index contributed by atoms with van der Waals surface area (Å²) in [4.78, 5) is 0. The van der Waals surface area contributed by atoms with Gasteiger partial charge in [-0.25, -0.2) is 0 Å². The van der Waals surface area contributed by atoms with Crippen LogP contribution in [0.4, 0.5) is 0 Å². The summed E-state index contributed by atoms with van der Waals surface area (Å²) in [7, 11) is 1.53. The first kappa shape index (κ1) is 15.2. The molecule has 108 valence electrons. The molecule has 4 nitrogen and oxygen atoms in total. The maximum Gasteiger partial charge on any atom is 0.146 e. The SMILES string of the molecule is COc1cc(C#N)cc(Oc2ccc([C@H](C)N)cc2Cl)c1. The van der Waals surface area contributed by atoms with Crippen LogP contribution in [-0.2, 0) is 0 Å². The molecular weight excluding hydrogens is 288 g/mol. The molecule has 0 aliphatic carbocycles. The van der Waals surface area contributed by atoms with E-state index in [-0.39, 0.29) is 6.04 Å². The van der Waals surface area contributed by atoms with E-state index in [0.29, 0.717) is 27.8 Å². The predicted molar refractivity (Wildman–Crippen MR) is 81.8 cm³/mol. The van der Waals surface area contributed by atoms with Crippen molar-refractivity contribution < 1.29 is 9.47 Å². The summed E-state index contributed by atoms with van der Waals surface area (Å²) >= 11 is 6.19. The van der Waals surface area contributed by atoms with Crippen molar-refractivity contribution in [1.29, 1.82) is 5.26 Å². The summed E-state index contributed by atoms with van der Waals surface area (Å²) in [5, 5.41) is 9.46. The summed E-state index contributed by atoms with van der Waals surface area (Å²) < 4.78 is 10.9. The fourth-order valence-corrected chi connectivity index (χ4v) is 2.05. The van der Waals surface area contributed by atoms with Gasteiger partial charge in [0.05, 0.1) is 23.8 Å². The highest BCUT2D eigenvalue weighted by atomic mass is 35.5. The lowest BCUT2D eigenvalue weighted by Gasteiger charge is -2.12. The van der Waals surface area contributed by atoms with E-state index >= 15 is 0 Å². The topological polar surface area (TPSA) is 68.3 Å². The van der Waals surface area contributed by atoms with E-state index in [0.717, 1.165) is 5.56 Å². The van der Waals surface area contributed by atoms with Crippen molar-refractivity contribution in [2.45, 2.75) is 13.0 Å². The Labute approximate surface area is 128 Å². The van der Waals surface area contributed by atoms with Gasteiger partial charge in [-0.1, -0.05) is 17.7 Å². The second-order valence-electron chi connectivity index (χ2n) is 4.59. The molecule has 0 bridgehead atoms. The second-order valence-corrected chi connectivity index (χ2v) is 5.00. The van der Waals surface area contributed by atoms with Crippen molar-refractivity contribution in [1.82, 2.24) is 0 Å². The van der Waals surface area contributed by atoms with E-state index in [1.165, 1.54) is 7.11 Å². The highest BCUT2D eigenvalue weighted by Crippen LogP contribution is 2.33. The summed E-state index contributed by atoms with van der Waals surface area (Å²) in [5.74, 6) is 1.53. The van der Waals surface area contributed by atoms with Crippen molar-refractivity contribution in [2.75, 3.05) is 7.11 Å². The molecule has 1 atom stereocenters. The van der Waals surface area contributed by atoms with Crippen LogP contribution < -0.4 is 15.2 Å². The first-order chi connectivity index (χ1) is 10.0. The monoisotopic (exact) mass is 302 g/mol. The number of hydrogen-bond donors (Lipinski definition) is 1. The Bertz CT molecular complexity index is 693. The Morgan fingerprint density at radius 3 is 2.48 bits per heavy atom. The van der Waals surface area contributed by atoms with E-state index in [9.17, 15) is 0 Å². The molecule has 0 fully saturated rings. The summed E-state index contributed by atoms with van der Waals surface area (Å²) in [6.45, 7) is 1.88. The van der Waals surface area contributed by atoms with Gasteiger partial charge >= 0.3 is 0 Å². The van der Waals surface area contributed by atoms with Gasteiger partial charge in [0.2, 0.25) is 0 Å². The predicted octanol–water partition coefficient (Wildman–Crippen LogP) is 4.03. The standard InChI is InChI=1S/C16H15ClN2O2/c1-10(19)12-3-4-16(15(17)7-12)21-14-6-11(9-18)5-13(8-14)20-2/h3-8,10H,19H2,1-2H3/t10-/m0/s1. The number of ether oxygens (including phenoxy) is 2. The molecule has 2 aromatic carbocycles. The van der Waals surface area contributed by atoms with Crippen molar-refractivity contribution in [2.24, 2.45) is 5.73 Å². The number of nitrogens with two attached hydrogens (primary N) is 1. The zero-order chi connectivity index (χ0) is 15.4. The summed E-state index contributed by atoms with van der Waals surface area (Å²) in [6.07, 6.45) is 0. The van der Waals surface area contributed by atoms with Crippen molar-refractivity contribution >= 4 is 11.6 Å². The van der Waals surface area contributed by atoms with Crippen LogP contribution in [-0.4, -0.2) is 7.11 Å². The number of nitriles is 1. The normalized spacial score (nSPS) is 11.6. The second kappa shape index (κ2) is 6.49. The molecule has 0 aromatic heterocycles. The molecule has 5 heteroatoms. The molecule has 0 aliphatic heterocycles.